The number of pyridine rings is 1. The molecule has 5 nitrogen and oxygen atoms in total. The number of nitrogens with zero attached hydrogens (tertiary/aromatic N) is 2. The highest BCUT2D eigenvalue weighted by atomic mass is 16.6. The molecule has 0 aromatic carbocycles. The summed E-state index contributed by atoms with van der Waals surface area (Å²) in [5.41, 5.74) is 0.835. The summed E-state index contributed by atoms with van der Waals surface area (Å²) >= 11 is 0. The van der Waals surface area contributed by atoms with Crippen LogP contribution in [0.5, 0.6) is 0 Å². The van der Waals surface area contributed by atoms with Gasteiger partial charge in [-0.1, -0.05) is 0 Å². The van der Waals surface area contributed by atoms with Crippen molar-refractivity contribution in [3.8, 4) is 0 Å². The maximum atomic E-state index is 12.1. The number of hydrogen-bond acceptors (Lipinski definition) is 4. The van der Waals surface area contributed by atoms with Crippen molar-refractivity contribution in [3.05, 3.63) is 30.1 Å². The molecule has 5 heteroatoms. The first kappa shape index (κ1) is 17.7. The largest absolute Gasteiger partial charge is 0.444 e. The normalized spacial score (nSPS) is 17.8. The van der Waals surface area contributed by atoms with Gasteiger partial charge in [-0.25, -0.2) is 4.79 Å². The molecule has 1 amide bonds. The molecule has 0 aliphatic carbocycles. The molecule has 1 aliphatic rings. The highest BCUT2D eigenvalue weighted by Crippen LogP contribution is 2.20. The second kappa shape index (κ2) is 7.77. The van der Waals surface area contributed by atoms with Crippen molar-refractivity contribution in [3.63, 3.8) is 0 Å². The topological polar surface area (TPSA) is 54.5 Å². The summed E-state index contributed by atoms with van der Waals surface area (Å²) < 4.78 is 5.43. The quantitative estimate of drug-likeness (QED) is 0.924. The summed E-state index contributed by atoms with van der Waals surface area (Å²) in [5.74, 6) is 0.609. The molecular formula is C18H29N3O2. The van der Waals surface area contributed by atoms with Gasteiger partial charge >= 0.3 is 6.09 Å². The number of nitrogens with one attached hydrogen (secondary N) is 1. The average molecular weight is 319 g/mol. The van der Waals surface area contributed by atoms with E-state index in [4.69, 9.17) is 4.74 Å². The lowest BCUT2D eigenvalue weighted by molar-refractivity contribution is 0.0183. The second-order valence-electron chi connectivity index (χ2n) is 7.32. The number of carbonyl (C=O) groups is 1. The van der Waals surface area contributed by atoms with E-state index in [-0.39, 0.29) is 6.09 Å². The molecule has 23 heavy (non-hydrogen) atoms. The van der Waals surface area contributed by atoms with Crippen LogP contribution in [0, 0.1) is 5.92 Å². The third kappa shape index (κ3) is 5.82. The Balaban J connectivity index is 1.72. The molecule has 0 radical (unpaired) electrons. The standard InChI is InChI=1S/C18H29N3O2/c1-14(16-5-9-19-10-6-16)20-13-15-7-11-21(12-8-15)17(22)23-18(2,3)4/h5-6,9-10,14-15,20H,7-8,11-13H2,1-4H3. The lowest BCUT2D eigenvalue weighted by Crippen LogP contribution is -2.43. The van der Waals surface area contributed by atoms with E-state index >= 15 is 0 Å². The number of ether oxygens (including phenoxy) is 1. The smallest absolute Gasteiger partial charge is 0.410 e. The third-order valence-electron chi connectivity index (χ3n) is 4.19. The molecule has 0 bridgehead atoms. The van der Waals surface area contributed by atoms with Crippen molar-refractivity contribution in [2.24, 2.45) is 5.92 Å². The third-order valence-corrected chi connectivity index (χ3v) is 4.19. The van der Waals surface area contributed by atoms with Crippen LogP contribution >= 0.6 is 0 Å². The van der Waals surface area contributed by atoms with Crippen LogP contribution in [0.3, 0.4) is 0 Å². The number of amides is 1. The van der Waals surface area contributed by atoms with E-state index in [0.29, 0.717) is 12.0 Å². The summed E-state index contributed by atoms with van der Waals surface area (Å²) in [7, 11) is 0. The fraction of sp³-hybridized carbons (Fsp3) is 0.667. The molecule has 1 fully saturated rings. The minimum absolute atomic E-state index is 0.186. The van der Waals surface area contributed by atoms with Gasteiger partial charge in [0.15, 0.2) is 0 Å². The fourth-order valence-corrected chi connectivity index (χ4v) is 2.76. The van der Waals surface area contributed by atoms with Crippen molar-refractivity contribution >= 4 is 6.09 Å². The zero-order valence-electron chi connectivity index (χ0n) is 14.7. The fourth-order valence-electron chi connectivity index (χ4n) is 2.76. The maximum absolute atomic E-state index is 12.1. The number of piperidine rings is 1. The van der Waals surface area contributed by atoms with Crippen molar-refractivity contribution in [2.75, 3.05) is 19.6 Å². The van der Waals surface area contributed by atoms with Gasteiger partial charge in [-0.2, -0.15) is 0 Å². The molecule has 1 aromatic heterocycles. The number of aromatic nitrogens is 1. The van der Waals surface area contributed by atoms with E-state index in [9.17, 15) is 4.79 Å². The highest BCUT2D eigenvalue weighted by Gasteiger charge is 2.26. The van der Waals surface area contributed by atoms with Crippen LogP contribution in [0.15, 0.2) is 24.5 Å². The molecule has 0 spiro atoms. The van der Waals surface area contributed by atoms with E-state index in [1.807, 2.05) is 50.2 Å². The zero-order chi connectivity index (χ0) is 16.9. The van der Waals surface area contributed by atoms with Gasteiger partial charge in [0, 0.05) is 31.5 Å². The second-order valence-corrected chi connectivity index (χ2v) is 7.32. The van der Waals surface area contributed by atoms with Gasteiger partial charge in [-0.3, -0.25) is 4.98 Å². The Morgan fingerprint density at radius 1 is 1.35 bits per heavy atom. The predicted octanol–water partition coefficient (Wildman–Crippen LogP) is 3.38. The first-order valence-electron chi connectivity index (χ1n) is 8.46. The maximum Gasteiger partial charge on any atom is 0.410 e. The number of rotatable bonds is 4. The van der Waals surface area contributed by atoms with E-state index in [1.165, 1.54) is 5.56 Å². The monoisotopic (exact) mass is 319 g/mol. The molecule has 1 aromatic rings. The number of carbonyl (C=O) groups excluding carboxylic acids is 1. The van der Waals surface area contributed by atoms with Gasteiger partial charge in [-0.05, 0) is 70.7 Å². The Hall–Kier alpha value is -1.62. The van der Waals surface area contributed by atoms with Crippen LogP contribution in [0.4, 0.5) is 4.79 Å². The Kier molecular flexibility index (Phi) is 5.99. The summed E-state index contributed by atoms with van der Waals surface area (Å²) in [5, 5.41) is 3.59. The first-order valence-corrected chi connectivity index (χ1v) is 8.46. The van der Waals surface area contributed by atoms with Gasteiger partial charge in [0.05, 0.1) is 0 Å². The van der Waals surface area contributed by atoms with E-state index in [2.05, 4.69) is 17.2 Å². The van der Waals surface area contributed by atoms with Crippen LogP contribution in [-0.2, 0) is 4.74 Å². The van der Waals surface area contributed by atoms with Crippen LogP contribution in [-0.4, -0.2) is 41.2 Å². The van der Waals surface area contributed by atoms with E-state index < -0.39 is 5.60 Å². The summed E-state index contributed by atoms with van der Waals surface area (Å²) in [6, 6.07) is 4.41. The number of hydrogen-bond donors (Lipinski definition) is 1. The van der Waals surface area contributed by atoms with Gasteiger partial charge in [0.1, 0.15) is 5.60 Å². The summed E-state index contributed by atoms with van der Waals surface area (Å²) in [6.07, 6.45) is 5.51. The van der Waals surface area contributed by atoms with E-state index in [0.717, 1.165) is 32.5 Å². The predicted molar refractivity (Wildman–Crippen MR) is 91.2 cm³/mol. The Morgan fingerprint density at radius 2 is 1.96 bits per heavy atom. The van der Waals surface area contributed by atoms with Crippen LogP contribution in [0.25, 0.3) is 0 Å². The Labute approximate surface area is 139 Å². The molecule has 1 atom stereocenters. The van der Waals surface area contributed by atoms with Crippen molar-refractivity contribution in [1.29, 1.82) is 0 Å². The molecule has 1 aliphatic heterocycles. The zero-order valence-corrected chi connectivity index (χ0v) is 14.7. The molecular weight excluding hydrogens is 290 g/mol. The van der Waals surface area contributed by atoms with Gasteiger partial charge in [-0.15, -0.1) is 0 Å². The summed E-state index contributed by atoms with van der Waals surface area (Å²) in [6.45, 7) is 10.4. The van der Waals surface area contributed by atoms with Crippen LogP contribution in [0.1, 0.15) is 52.1 Å². The van der Waals surface area contributed by atoms with Gasteiger partial charge < -0.3 is 15.0 Å². The molecule has 2 rings (SSSR count). The molecule has 1 N–H and O–H groups in total. The van der Waals surface area contributed by atoms with Crippen molar-refractivity contribution in [1.82, 2.24) is 15.2 Å². The molecule has 0 saturated carbocycles. The number of likely N-dealkylation sites (tertiary alicyclic amines) is 1. The highest BCUT2D eigenvalue weighted by molar-refractivity contribution is 5.68. The molecule has 2 heterocycles. The lowest BCUT2D eigenvalue weighted by atomic mass is 9.96. The first-order chi connectivity index (χ1) is 10.8. The Morgan fingerprint density at radius 3 is 2.52 bits per heavy atom. The Bertz CT molecular complexity index is 491. The summed E-state index contributed by atoms with van der Waals surface area (Å²) in [4.78, 5) is 17.9. The SMILES string of the molecule is CC(NCC1CCN(C(=O)OC(C)(C)C)CC1)c1ccncc1. The minimum atomic E-state index is -0.421. The molecule has 1 saturated heterocycles. The average Bonchev–Trinajstić information content (AvgIpc) is 2.52. The molecule has 1 unspecified atom stereocenters. The van der Waals surface area contributed by atoms with Crippen molar-refractivity contribution in [2.45, 2.75) is 52.2 Å². The van der Waals surface area contributed by atoms with Crippen molar-refractivity contribution < 1.29 is 9.53 Å². The van der Waals surface area contributed by atoms with Crippen LogP contribution in [0.2, 0.25) is 0 Å². The van der Waals surface area contributed by atoms with E-state index in [1.54, 1.807) is 0 Å². The minimum Gasteiger partial charge on any atom is -0.444 e. The van der Waals surface area contributed by atoms with Gasteiger partial charge in [0.2, 0.25) is 0 Å². The van der Waals surface area contributed by atoms with Crippen LogP contribution < -0.4 is 5.32 Å². The van der Waals surface area contributed by atoms with Gasteiger partial charge in [0.25, 0.3) is 0 Å². The lowest BCUT2D eigenvalue weighted by Gasteiger charge is -2.34. The molecule has 128 valence electrons.